The second kappa shape index (κ2) is 6.65. The van der Waals surface area contributed by atoms with Crippen LogP contribution in [0.2, 0.25) is 0 Å². The number of nitrogens with two attached hydrogens (primary N) is 1. The summed E-state index contributed by atoms with van der Waals surface area (Å²) in [4.78, 5) is 0. The van der Waals surface area contributed by atoms with Crippen LogP contribution in [0.15, 0.2) is 24.3 Å². The zero-order valence-corrected chi connectivity index (χ0v) is 10.9. The van der Waals surface area contributed by atoms with Gasteiger partial charge in [-0.05, 0) is 25.5 Å². The van der Waals surface area contributed by atoms with E-state index in [1.807, 2.05) is 6.92 Å². The topological polar surface area (TPSA) is 44.5 Å². The minimum absolute atomic E-state index is 0.0515. The maximum Gasteiger partial charge on any atom is 0.426 e. The van der Waals surface area contributed by atoms with Crippen LogP contribution in [0.25, 0.3) is 0 Å². The van der Waals surface area contributed by atoms with E-state index in [0.717, 1.165) is 6.42 Å². The Labute approximate surface area is 110 Å². The molecule has 2 unspecified atom stereocenters. The molecule has 0 spiro atoms. The molecular weight excluding hydrogens is 259 g/mol. The summed E-state index contributed by atoms with van der Waals surface area (Å²) in [6, 6.07) is 5.10. The highest BCUT2D eigenvalue weighted by Crippen LogP contribution is 2.32. The number of hydrogen-bond acceptors (Lipinski definition) is 3. The van der Waals surface area contributed by atoms with Gasteiger partial charge in [-0.1, -0.05) is 19.1 Å². The summed E-state index contributed by atoms with van der Waals surface area (Å²) in [5, 5.41) is 0. The molecule has 0 aliphatic rings. The first-order valence-electron chi connectivity index (χ1n) is 6.07. The Morgan fingerprint density at radius 3 is 2.26 bits per heavy atom. The molecule has 2 N–H and O–H groups in total. The molecule has 0 aromatic heterocycles. The molecule has 0 saturated carbocycles. The van der Waals surface area contributed by atoms with E-state index >= 15 is 0 Å². The van der Waals surface area contributed by atoms with E-state index in [0.29, 0.717) is 12.4 Å². The monoisotopic (exact) mass is 277 g/mol. The lowest BCUT2D eigenvalue weighted by molar-refractivity contribution is -0.199. The second-order valence-electron chi connectivity index (χ2n) is 4.23. The highest BCUT2D eigenvalue weighted by atomic mass is 19.4. The van der Waals surface area contributed by atoms with Crippen molar-refractivity contribution in [1.82, 2.24) is 0 Å². The molecule has 0 saturated heterocycles. The second-order valence-corrected chi connectivity index (χ2v) is 4.23. The molecule has 0 radical (unpaired) electrons. The molecule has 1 rings (SSSR count). The van der Waals surface area contributed by atoms with Gasteiger partial charge in [-0.25, -0.2) is 0 Å². The smallest absolute Gasteiger partial charge is 0.426 e. The molecule has 1 aromatic carbocycles. The van der Waals surface area contributed by atoms with Gasteiger partial charge in [0, 0.05) is 6.04 Å². The first-order valence-corrected chi connectivity index (χ1v) is 6.07. The average Bonchev–Trinajstić information content (AvgIpc) is 2.32. The van der Waals surface area contributed by atoms with Gasteiger partial charge in [-0.2, -0.15) is 13.2 Å². The van der Waals surface area contributed by atoms with E-state index < -0.39 is 18.3 Å². The molecule has 3 nitrogen and oxygen atoms in total. The zero-order chi connectivity index (χ0) is 14.5. The van der Waals surface area contributed by atoms with Gasteiger partial charge in [0.2, 0.25) is 6.10 Å². The maximum absolute atomic E-state index is 12.8. The Balaban J connectivity index is 2.90. The van der Waals surface area contributed by atoms with Crippen LogP contribution in [0.5, 0.6) is 11.5 Å². The number of para-hydroxylation sites is 2. The Morgan fingerprint density at radius 2 is 1.79 bits per heavy atom. The SMILES string of the molecule is CCCOc1ccccc1OC(C(C)N)C(F)(F)F. The molecule has 19 heavy (non-hydrogen) atoms. The van der Waals surface area contributed by atoms with Crippen LogP contribution < -0.4 is 15.2 Å². The maximum atomic E-state index is 12.8. The number of halogens is 3. The summed E-state index contributed by atoms with van der Waals surface area (Å²) >= 11 is 0. The Kier molecular flexibility index (Phi) is 5.47. The van der Waals surface area contributed by atoms with Crippen molar-refractivity contribution in [1.29, 1.82) is 0 Å². The van der Waals surface area contributed by atoms with Crippen LogP contribution in [0, 0.1) is 0 Å². The summed E-state index contributed by atoms with van der Waals surface area (Å²) < 4.78 is 48.7. The molecule has 0 bridgehead atoms. The van der Waals surface area contributed by atoms with Crippen molar-refractivity contribution in [2.45, 2.75) is 38.6 Å². The van der Waals surface area contributed by atoms with Gasteiger partial charge >= 0.3 is 6.18 Å². The molecule has 0 amide bonds. The lowest BCUT2D eigenvalue weighted by atomic mass is 10.2. The first kappa shape index (κ1) is 15.6. The lowest BCUT2D eigenvalue weighted by Gasteiger charge is -2.25. The van der Waals surface area contributed by atoms with Crippen molar-refractivity contribution >= 4 is 0 Å². The third-order valence-corrected chi connectivity index (χ3v) is 2.36. The average molecular weight is 277 g/mol. The van der Waals surface area contributed by atoms with Gasteiger partial charge in [-0.15, -0.1) is 0 Å². The predicted octanol–water partition coefficient (Wildman–Crippen LogP) is 3.13. The number of ether oxygens (including phenoxy) is 2. The predicted molar refractivity (Wildman–Crippen MR) is 66.3 cm³/mol. The van der Waals surface area contributed by atoms with Crippen LogP contribution in [0.4, 0.5) is 13.2 Å². The molecule has 0 aliphatic carbocycles. The van der Waals surface area contributed by atoms with Gasteiger partial charge in [0.1, 0.15) is 0 Å². The van der Waals surface area contributed by atoms with Gasteiger partial charge in [0.05, 0.1) is 6.61 Å². The Bertz CT molecular complexity index is 394. The van der Waals surface area contributed by atoms with Gasteiger partial charge in [-0.3, -0.25) is 0 Å². The lowest BCUT2D eigenvalue weighted by Crippen LogP contribution is -2.47. The van der Waals surface area contributed by atoms with E-state index in [-0.39, 0.29) is 5.75 Å². The minimum atomic E-state index is -4.52. The molecule has 1 aromatic rings. The van der Waals surface area contributed by atoms with Crippen molar-refractivity contribution in [2.24, 2.45) is 5.73 Å². The van der Waals surface area contributed by atoms with Crippen molar-refractivity contribution in [3.63, 3.8) is 0 Å². The molecule has 2 atom stereocenters. The van der Waals surface area contributed by atoms with E-state index in [1.165, 1.54) is 13.0 Å². The largest absolute Gasteiger partial charge is 0.490 e. The molecule has 6 heteroatoms. The minimum Gasteiger partial charge on any atom is -0.490 e. The van der Waals surface area contributed by atoms with Crippen LogP contribution in [0.3, 0.4) is 0 Å². The van der Waals surface area contributed by atoms with Crippen molar-refractivity contribution in [3.05, 3.63) is 24.3 Å². The summed E-state index contributed by atoms with van der Waals surface area (Å²) in [5.41, 5.74) is 5.34. The van der Waals surface area contributed by atoms with Crippen LogP contribution in [0.1, 0.15) is 20.3 Å². The highest BCUT2D eigenvalue weighted by molar-refractivity contribution is 5.39. The summed E-state index contributed by atoms with van der Waals surface area (Å²) in [7, 11) is 0. The highest BCUT2D eigenvalue weighted by Gasteiger charge is 2.44. The first-order chi connectivity index (χ1) is 8.86. The molecular formula is C13H18F3NO2. The summed E-state index contributed by atoms with van der Waals surface area (Å²) in [6.07, 6.45) is -5.82. The molecule has 0 fully saturated rings. The molecule has 108 valence electrons. The van der Waals surface area contributed by atoms with Gasteiger partial charge in [0.25, 0.3) is 0 Å². The Morgan fingerprint density at radius 1 is 1.21 bits per heavy atom. The van der Waals surface area contributed by atoms with E-state index in [1.54, 1.807) is 18.2 Å². The standard InChI is InChI=1S/C13H18F3NO2/c1-3-8-18-10-6-4-5-7-11(10)19-12(9(2)17)13(14,15)16/h4-7,9,12H,3,8,17H2,1-2H3. The summed E-state index contributed by atoms with van der Waals surface area (Å²) in [5.74, 6) is 0.342. The molecule has 0 aliphatic heterocycles. The quantitative estimate of drug-likeness (QED) is 0.868. The molecule has 0 heterocycles. The third kappa shape index (κ3) is 4.63. The van der Waals surface area contributed by atoms with Gasteiger partial charge in [0.15, 0.2) is 11.5 Å². The van der Waals surface area contributed by atoms with Gasteiger partial charge < -0.3 is 15.2 Å². The fraction of sp³-hybridized carbons (Fsp3) is 0.538. The van der Waals surface area contributed by atoms with E-state index in [9.17, 15) is 13.2 Å². The normalized spacial score (nSPS) is 14.8. The fourth-order valence-corrected chi connectivity index (χ4v) is 1.49. The van der Waals surface area contributed by atoms with Crippen LogP contribution >= 0.6 is 0 Å². The number of rotatable bonds is 6. The van der Waals surface area contributed by atoms with Crippen LogP contribution in [-0.2, 0) is 0 Å². The third-order valence-electron chi connectivity index (χ3n) is 2.36. The number of alkyl halides is 3. The fourth-order valence-electron chi connectivity index (χ4n) is 1.49. The van der Waals surface area contributed by atoms with E-state index in [2.05, 4.69) is 0 Å². The zero-order valence-electron chi connectivity index (χ0n) is 10.9. The van der Waals surface area contributed by atoms with Crippen molar-refractivity contribution in [3.8, 4) is 11.5 Å². The number of benzene rings is 1. The van der Waals surface area contributed by atoms with E-state index in [4.69, 9.17) is 15.2 Å². The van der Waals surface area contributed by atoms with Crippen molar-refractivity contribution in [2.75, 3.05) is 6.61 Å². The van der Waals surface area contributed by atoms with Crippen molar-refractivity contribution < 1.29 is 22.6 Å². The van der Waals surface area contributed by atoms with Crippen LogP contribution in [-0.4, -0.2) is 24.9 Å². The Hall–Kier alpha value is -1.43. The summed E-state index contributed by atoms with van der Waals surface area (Å²) in [6.45, 7) is 3.58. The number of hydrogen-bond donors (Lipinski definition) is 1.